The van der Waals surface area contributed by atoms with Gasteiger partial charge in [0, 0.05) is 11.3 Å². The van der Waals surface area contributed by atoms with Gasteiger partial charge in [0.15, 0.2) is 6.23 Å². The maximum Gasteiger partial charge on any atom is 0.303 e. The lowest BCUT2D eigenvalue weighted by Gasteiger charge is -2.32. The van der Waals surface area contributed by atoms with Gasteiger partial charge in [-0.1, -0.05) is 55.1 Å². The number of aliphatic hydroxyl groups excluding tert-OH is 1. The Hall–Kier alpha value is -2.79. The monoisotopic (exact) mass is 312 g/mol. The molecule has 0 spiro atoms. The van der Waals surface area contributed by atoms with E-state index < -0.39 is 12.2 Å². The van der Waals surface area contributed by atoms with Gasteiger partial charge < -0.3 is 15.6 Å². The number of carboxylic acids is 1. The smallest absolute Gasteiger partial charge is 0.303 e. The Bertz CT molecular complexity index is 644. The van der Waals surface area contributed by atoms with E-state index in [0.29, 0.717) is 5.70 Å². The molecule has 0 bridgehead atoms. The van der Waals surface area contributed by atoms with Crippen LogP contribution in [-0.4, -0.2) is 16.2 Å². The molecule has 1 atom stereocenters. The Morgan fingerprint density at radius 1 is 1.04 bits per heavy atom. The highest BCUT2D eigenvalue weighted by molar-refractivity contribution is 5.67. The topological polar surface area (TPSA) is 72.8 Å². The van der Waals surface area contributed by atoms with Crippen LogP contribution in [0.15, 0.2) is 72.9 Å². The van der Waals surface area contributed by atoms with Crippen LogP contribution < -0.4 is 10.4 Å². The van der Waals surface area contributed by atoms with Gasteiger partial charge in [0.25, 0.3) is 0 Å². The van der Waals surface area contributed by atoms with Crippen LogP contribution in [0.3, 0.4) is 0 Å². The molecule has 5 heteroatoms. The first kappa shape index (κ1) is 16.6. The minimum atomic E-state index is -0.930. The number of rotatable bonds is 8. The number of carboxylic acid groups (broad SMARTS) is 1. The molecular weight excluding hydrogens is 292 g/mol. The number of carbonyl (C=O) groups is 1. The van der Waals surface area contributed by atoms with Crippen molar-refractivity contribution in [1.29, 1.82) is 0 Å². The summed E-state index contributed by atoms with van der Waals surface area (Å²) in [7, 11) is 0. The van der Waals surface area contributed by atoms with Gasteiger partial charge in [0.2, 0.25) is 0 Å². The van der Waals surface area contributed by atoms with E-state index in [-0.39, 0.29) is 12.8 Å². The van der Waals surface area contributed by atoms with Crippen LogP contribution in [-0.2, 0) is 4.79 Å². The van der Waals surface area contributed by atoms with Crippen molar-refractivity contribution in [3.8, 4) is 0 Å². The van der Waals surface area contributed by atoms with E-state index in [2.05, 4.69) is 12.0 Å². The van der Waals surface area contributed by atoms with Gasteiger partial charge in [-0.25, -0.2) is 0 Å². The zero-order valence-corrected chi connectivity index (χ0v) is 12.7. The zero-order chi connectivity index (χ0) is 16.7. The van der Waals surface area contributed by atoms with Crippen LogP contribution >= 0.6 is 0 Å². The molecule has 0 aromatic heterocycles. The molecule has 3 N–H and O–H groups in total. The average molecular weight is 312 g/mol. The van der Waals surface area contributed by atoms with E-state index in [0.717, 1.165) is 11.3 Å². The second-order valence-electron chi connectivity index (χ2n) is 5.10. The Morgan fingerprint density at radius 2 is 1.61 bits per heavy atom. The molecule has 2 rings (SSSR count). The van der Waals surface area contributed by atoms with E-state index >= 15 is 0 Å². The zero-order valence-electron chi connectivity index (χ0n) is 12.7. The summed E-state index contributed by atoms with van der Waals surface area (Å²) in [4.78, 5) is 10.7. The van der Waals surface area contributed by atoms with Gasteiger partial charge in [-0.2, -0.15) is 0 Å². The van der Waals surface area contributed by atoms with Gasteiger partial charge in [0.05, 0.1) is 12.1 Å². The maximum atomic E-state index is 10.7. The second-order valence-corrected chi connectivity index (χ2v) is 5.10. The summed E-state index contributed by atoms with van der Waals surface area (Å²) in [6, 6.07) is 18.5. The standard InChI is InChI=1S/C18H20N2O3/c1-14(12-13-17(21)22)19-20(16-10-6-3-7-11-16)18(23)15-8-4-2-5-9-15/h2-11,18-19,23H,1,12-13H2,(H,21,22). The molecule has 0 radical (unpaired) electrons. The predicted molar refractivity (Wildman–Crippen MR) is 89.5 cm³/mol. The lowest BCUT2D eigenvalue weighted by molar-refractivity contribution is -0.136. The summed E-state index contributed by atoms with van der Waals surface area (Å²) < 4.78 is 0. The number of para-hydroxylation sites is 1. The number of hydrazine groups is 1. The van der Waals surface area contributed by atoms with Crippen LogP contribution in [0.4, 0.5) is 5.69 Å². The number of anilines is 1. The first-order valence-electron chi connectivity index (χ1n) is 7.31. The van der Waals surface area contributed by atoms with Crippen molar-refractivity contribution in [2.45, 2.75) is 19.1 Å². The van der Waals surface area contributed by atoms with E-state index in [1.807, 2.05) is 60.7 Å². The summed E-state index contributed by atoms with van der Waals surface area (Å²) in [6.07, 6.45) is -0.670. The van der Waals surface area contributed by atoms with Crippen molar-refractivity contribution in [2.24, 2.45) is 0 Å². The molecule has 0 aliphatic rings. The van der Waals surface area contributed by atoms with Crippen LogP contribution in [0, 0.1) is 0 Å². The van der Waals surface area contributed by atoms with Crippen molar-refractivity contribution in [2.75, 3.05) is 5.01 Å². The molecule has 0 saturated carbocycles. The molecule has 1 unspecified atom stereocenters. The first-order chi connectivity index (χ1) is 11.1. The summed E-state index contributed by atoms with van der Waals surface area (Å²) in [6.45, 7) is 3.84. The van der Waals surface area contributed by atoms with Crippen molar-refractivity contribution in [1.82, 2.24) is 5.43 Å². The number of hydrogen-bond acceptors (Lipinski definition) is 4. The maximum absolute atomic E-state index is 10.7. The molecule has 0 aliphatic heterocycles. The van der Waals surface area contributed by atoms with E-state index in [1.165, 1.54) is 0 Å². The predicted octanol–water partition coefficient (Wildman–Crippen LogP) is 3.07. The van der Waals surface area contributed by atoms with Gasteiger partial charge >= 0.3 is 5.97 Å². The minimum absolute atomic E-state index is 0.0180. The van der Waals surface area contributed by atoms with Crippen molar-refractivity contribution in [3.63, 3.8) is 0 Å². The van der Waals surface area contributed by atoms with E-state index in [1.54, 1.807) is 5.01 Å². The van der Waals surface area contributed by atoms with Gasteiger partial charge in [0.1, 0.15) is 0 Å². The van der Waals surface area contributed by atoms with Gasteiger partial charge in [-0.3, -0.25) is 9.80 Å². The van der Waals surface area contributed by atoms with Crippen LogP contribution in [0.25, 0.3) is 0 Å². The molecule has 0 aliphatic carbocycles. The second kappa shape index (κ2) is 8.00. The fraction of sp³-hybridized carbons (Fsp3) is 0.167. The van der Waals surface area contributed by atoms with Crippen LogP contribution in [0.1, 0.15) is 24.6 Å². The summed E-state index contributed by atoms with van der Waals surface area (Å²) >= 11 is 0. The van der Waals surface area contributed by atoms with Crippen molar-refractivity contribution < 1.29 is 15.0 Å². The summed E-state index contributed by atoms with van der Waals surface area (Å²) in [5.41, 5.74) is 5.00. The molecule has 0 heterocycles. The number of benzene rings is 2. The Balaban J connectivity index is 2.19. The third kappa shape index (κ3) is 4.86. The quantitative estimate of drug-likeness (QED) is 0.516. The normalized spacial score (nSPS) is 11.5. The number of allylic oxidation sites excluding steroid dienone is 1. The Labute approximate surface area is 135 Å². The highest BCUT2D eigenvalue weighted by atomic mass is 16.4. The lowest BCUT2D eigenvalue weighted by atomic mass is 10.2. The molecule has 0 fully saturated rings. The largest absolute Gasteiger partial charge is 0.481 e. The number of aliphatic hydroxyl groups is 1. The highest BCUT2D eigenvalue weighted by Crippen LogP contribution is 2.24. The van der Waals surface area contributed by atoms with Crippen molar-refractivity contribution in [3.05, 3.63) is 78.5 Å². The Kier molecular flexibility index (Phi) is 5.77. The SMILES string of the molecule is C=C(CCC(=O)O)NN(c1ccccc1)C(O)c1ccccc1. The molecule has 2 aromatic carbocycles. The molecule has 2 aromatic rings. The third-order valence-electron chi connectivity index (χ3n) is 3.30. The van der Waals surface area contributed by atoms with E-state index in [4.69, 9.17) is 5.11 Å². The number of hydrogen-bond donors (Lipinski definition) is 3. The van der Waals surface area contributed by atoms with Crippen LogP contribution in [0.5, 0.6) is 0 Å². The average Bonchev–Trinajstić information content (AvgIpc) is 2.59. The highest BCUT2D eigenvalue weighted by Gasteiger charge is 2.18. The summed E-state index contributed by atoms with van der Waals surface area (Å²) in [5.74, 6) is -0.886. The lowest BCUT2D eigenvalue weighted by Crippen LogP contribution is -2.40. The van der Waals surface area contributed by atoms with Crippen LogP contribution in [0.2, 0.25) is 0 Å². The molecular formula is C18H20N2O3. The van der Waals surface area contributed by atoms with Gasteiger partial charge in [-0.05, 0) is 18.6 Å². The van der Waals surface area contributed by atoms with E-state index in [9.17, 15) is 9.90 Å². The number of nitrogens with one attached hydrogen (secondary N) is 1. The molecule has 0 saturated heterocycles. The van der Waals surface area contributed by atoms with Crippen molar-refractivity contribution >= 4 is 11.7 Å². The molecule has 5 nitrogen and oxygen atoms in total. The fourth-order valence-corrected chi connectivity index (χ4v) is 2.11. The third-order valence-corrected chi connectivity index (χ3v) is 3.30. The fourth-order valence-electron chi connectivity index (χ4n) is 2.11. The molecule has 120 valence electrons. The number of nitrogens with zero attached hydrogens (tertiary/aromatic N) is 1. The first-order valence-corrected chi connectivity index (χ1v) is 7.31. The molecule has 23 heavy (non-hydrogen) atoms. The number of aliphatic carboxylic acids is 1. The Morgan fingerprint density at radius 3 is 2.17 bits per heavy atom. The minimum Gasteiger partial charge on any atom is -0.481 e. The molecule has 0 amide bonds. The van der Waals surface area contributed by atoms with Gasteiger partial charge in [-0.15, -0.1) is 0 Å². The summed E-state index contributed by atoms with van der Waals surface area (Å²) in [5, 5.41) is 21.0.